The highest BCUT2D eigenvalue weighted by Gasteiger charge is 2.13. The summed E-state index contributed by atoms with van der Waals surface area (Å²) in [5.74, 6) is -0.0592. The zero-order valence-electron chi connectivity index (χ0n) is 13.6. The molecule has 1 aromatic heterocycles. The molecule has 3 rings (SSSR count). The Bertz CT molecular complexity index is 1050. The van der Waals surface area contributed by atoms with Crippen LogP contribution < -0.4 is 5.56 Å². The van der Waals surface area contributed by atoms with Crippen LogP contribution in [0.25, 0.3) is 11.3 Å². The van der Waals surface area contributed by atoms with Gasteiger partial charge in [0.05, 0.1) is 16.3 Å². The van der Waals surface area contributed by atoms with E-state index in [4.69, 9.17) is 0 Å². The van der Waals surface area contributed by atoms with E-state index in [0.717, 1.165) is 0 Å². The van der Waals surface area contributed by atoms with E-state index in [2.05, 4.69) is 20.4 Å². The molecule has 130 valence electrons. The second-order valence-corrected chi connectivity index (χ2v) is 5.41. The fourth-order valence-corrected chi connectivity index (χ4v) is 2.28. The van der Waals surface area contributed by atoms with Crippen molar-refractivity contribution < 1.29 is 9.72 Å². The molecule has 0 amide bonds. The first kappa shape index (κ1) is 17.0. The van der Waals surface area contributed by atoms with Crippen molar-refractivity contribution in [2.75, 3.05) is 0 Å². The van der Waals surface area contributed by atoms with Crippen LogP contribution in [0.4, 0.5) is 17.1 Å². The quantitative estimate of drug-likeness (QED) is 0.312. The molecule has 0 fully saturated rings. The predicted molar refractivity (Wildman–Crippen MR) is 94.1 cm³/mol. The smallest absolute Gasteiger partial charge is 0.292 e. The van der Waals surface area contributed by atoms with E-state index in [1.807, 2.05) is 0 Å². The van der Waals surface area contributed by atoms with Gasteiger partial charge in [0.1, 0.15) is 0 Å². The molecule has 0 saturated carbocycles. The average Bonchev–Trinajstić information content (AvgIpc) is 3.01. The fraction of sp³-hybridized carbons (Fsp3) is 0.0588. The van der Waals surface area contributed by atoms with E-state index >= 15 is 0 Å². The molecule has 1 heterocycles. The number of hydrogen-bond acceptors (Lipinski definition) is 6. The first-order chi connectivity index (χ1) is 12.5. The van der Waals surface area contributed by atoms with Crippen LogP contribution >= 0.6 is 0 Å². The lowest BCUT2D eigenvalue weighted by Crippen LogP contribution is -1.96. The third-order valence-electron chi connectivity index (χ3n) is 3.66. The van der Waals surface area contributed by atoms with Gasteiger partial charge in [0, 0.05) is 23.3 Å². The molecule has 0 atom stereocenters. The number of nitro benzene ring substituents is 1. The number of carbonyl (C=O) groups excluding carboxylic acids is 1. The average molecular weight is 351 g/mol. The molecule has 9 nitrogen and oxygen atoms in total. The first-order valence-corrected chi connectivity index (χ1v) is 7.54. The molecule has 2 aromatic carbocycles. The Morgan fingerprint density at radius 2 is 1.65 bits per heavy atom. The topological polar surface area (TPSA) is 134 Å². The minimum Gasteiger partial charge on any atom is -0.295 e. The largest absolute Gasteiger partial charge is 0.295 e. The monoisotopic (exact) mass is 351 g/mol. The number of Topliss-reactive ketones (excluding diaryl/α,β-unsaturated/α-hetero) is 1. The van der Waals surface area contributed by atoms with Crippen molar-refractivity contribution in [2.24, 2.45) is 10.2 Å². The van der Waals surface area contributed by atoms with Crippen LogP contribution in [-0.2, 0) is 0 Å². The first-order valence-electron chi connectivity index (χ1n) is 7.54. The molecule has 2 N–H and O–H groups in total. The van der Waals surface area contributed by atoms with Crippen molar-refractivity contribution in [3.8, 4) is 11.3 Å². The number of nitrogens with one attached hydrogen (secondary N) is 2. The van der Waals surface area contributed by atoms with Gasteiger partial charge in [-0.25, -0.2) is 0 Å². The number of nitrogens with zero attached hydrogens (tertiary/aromatic N) is 3. The molecule has 26 heavy (non-hydrogen) atoms. The minimum absolute atomic E-state index is 0.0505. The Morgan fingerprint density at radius 3 is 2.23 bits per heavy atom. The molecule has 0 spiro atoms. The van der Waals surface area contributed by atoms with Crippen molar-refractivity contribution in [1.29, 1.82) is 0 Å². The van der Waals surface area contributed by atoms with Gasteiger partial charge < -0.3 is 0 Å². The highest BCUT2D eigenvalue weighted by atomic mass is 16.6. The lowest BCUT2D eigenvalue weighted by atomic mass is 10.1. The van der Waals surface area contributed by atoms with E-state index in [-0.39, 0.29) is 17.2 Å². The van der Waals surface area contributed by atoms with Crippen LogP contribution in [-0.4, -0.2) is 20.9 Å². The van der Waals surface area contributed by atoms with E-state index < -0.39 is 10.5 Å². The lowest BCUT2D eigenvalue weighted by Gasteiger charge is -1.99. The Morgan fingerprint density at radius 1 is 1.00 bits per heavy atom. The molecular formula is C17H13N5O4. The fourth-order valence-electron chi connectivity index (χ4n) is 2.28. The maximum Gasteiger partial charge on any atom is 0.292 e. The van der Waals surface area contributed by atoms with Gasteiger partial charge in [-0.05, 0) is 43.3 Å². The second-order valence-electron chi connectivity index (χ2n) is 5.41. The number of ketones is 1. The van der Waals surface area contributed by atoms with Gasteiger partial charge in [-0.1, -0.05) is 0 Å². The van der Waals surface area contributed by atoms with Gasteiger partial charge in [-0.3, -0.25) is 29.9 Å². The van der Waals surface area contributed by atoms with Crippen LogP contribution in [0.5, 0.6) is 0 Å². The number of hydrogen-bond donors (Lipinski definition) is 2. The summed E-state index contributed by atoms with van der Waals surface area (Å²) in [4.78, 5) is 33.5. The maximum absolute atomic E-state index is 12.0. The zero-order valence-corrected chi connectivity index (χ0v) is 13.6. The molecule has 3 aromatic rings. The molecule has 9 heteroatoms. The molecule has 0 aliphatic heterocycles. The Kier molecular flexibility index (Phi) is 4.52. The van der Waals surface area contributed by atoms with Gasteiger partial charge in [0.25, 0.3) is 11.2 Å². The molecule has 0 aliphatic rings. The summed E-state index contributed by atoms with van der Waals surface area (Å²) in [5.41, 5.74) is 1.47. The number of aromatic amines is 2. The number of carbonyl (C=O) groups is 1. The molecular weight excluding hydrogens is 338 g/mol. The summed E-state index contributed by atoms with van der Waals surface area (Å²) >= 11 is 0. The summed E-state index contributed by atoms with van der Waals surface area (Å²) in [5, 5.41) is 23.8. The van der Waals surface area contributed by atoms with Gasteiger partial charge in [-0.2, -0.15) is 5.11 Å². The predicted octanol–water partition coefficient (Wildman–Crippen LogP) is 3.90. The summed E-state index contributed by atoms with van der Waals surface area (Å²) in [6.07, 6.45) is 0. The van der Waals surface area contributed by atoms with Gasteiger partial charge in [0.2, 0.25) is 0 Å². The highest BCUT2D eigenvalue weighted by molar-refractivity contribution is 5.94. The third-order valence-corrected chi connectivity index (χ3v) is 3.66. The van der Waals surface area contributed by atoms with E-state index in [1.165, 1.54) is 31.2 Å². The van der Waals surface area contributed by atoms with E-state index in [0.29, 0.717) is 22.5 Å². The molecule has 0 radical (unpaired) electrons. The van der Waals surface area contributed by atoms with Crippen molar-refractivity contribution in [2.45, 2.75) is 6.92 Å². The van der Waals surface area contributed by atoms with Crippen LogP contribution in [0.15, 0.2) is 63.6 Å². The van der Waals surface area contributed by atoms with Gasteiger partial charge in [-0.15, -0.1) is 5.11 Å². The van der Waals surface area contributed by atoms with Crippen molar-refractivity contribution >= 4 is 22.8 Å². The standard InChI is InChI=1S/C17H13N5O4/c1-10(23)11-2-6-13(7-3-11)18-20-16-15(19-21-17(16)24)12-4-8-14(9-5-12)22(25)26/h2-9H,1H3,(H2,19,21,24). The number of aromatic nitrogens is 2. The number of benzene rings is 2. The van der Waals surface area contributed by atoms with Crippen molar-refractivity contribution in [3.05, 3.63) is 74.6 Å². The van der Waals surface area contributed by atoms with Gasteiger partial charge >= 0.3 is 0 Å². The van der Waals surface area contributed by atoms with Crippen molar-refractivity contribution in [1.82, 2.24) is 10.2 Å². The van der Waals surface area contributed by atoms with Crippen LogP contribution in [0.1, 0.15) is 17.3 Å². The molecule has 0 bridgehead atoms. The Labute approximate surface area is 146 Å². The summed E-state index contributed by atoms with van der Waals surface area (Å²) in [6, 6.07) is 12.2. The normalized spacial score (nSPS) is 11.0. The summed E-state index contributed by atoms with van der Waals surface area (Å²) < 4.78 is 0. The molecule has 0 unspecified atom stereocenters. The zero-order chi connectivity index (χ0) is 18.7. The number of azo groups is 1. The minimum atomic E-state index is -0.505. The number of H-pyrrole nitrogens is 2. The van der Waals surface area contributed by atoms with Crippen LogP contribution in [0.2, 0.25) is 0 Å². The van der Waals surface area contributed by atoms with Crippen LogP contribution in [0, 0.1) is 10.1 Å². The van der Waals surface area contributed by atoms with Gasteiger partial charge in [0.15, 0.2) is 11.5 Å². The second kappa shape index (κ2) is 6.93. The third kappa shape index (κ3) is 3.46. The molecule has 0 aliphatic carbocycles. The van der Waals surface area contributed by atoms with Crippen molar-refractivity contribution in [3.63, 3.8) is 0 Å². The Hall–Kier alpha value is -3.88. The maximum atomic E-state index is 12.0. The summed E-state index contributed by atoms with van der Waals surface area (Å²) in [6.45, 7) is 1.46. The number of rotatable bonds is 5. The number of nitro groups is 1. The molecule has 0 saturated heterocycles. The Balaban J connectivity index is 1.91. The summed E-state index contributed by atoms with van der Waals surface area (Å²) in [7, 11) is 0. The lowest BCUT2D eigenvalue weighted by molar-refractivity contribution is -0.384. The van der Waals surface area contributed by atoms with E-state index in [1.54, 1.807) is 24.3 Å². The van der Waals surface area contributed by atoms with E-state index in [9.17, 15) is 19.7 Å². The SMILES string of the molecule is CC(=O)c1ccc(N=Nc2c(-c3ccc([N+](=O)[O-])cc3)[nH][nH]c2=O)cc1. The highest BCUT2D eigenvalue weighted by Crippen LogP contribution is 2.28. The van der Waals surface area contributed by atoms with Crippen LogP contribution in [0.3, 0.4) is 0 Å². The number of non-ortho nitro benzene ring substituents is 1.